The summed E-state index contributed by atoms with van der Waals surface area (Å²) in [7, 11) is 0. The predicted octanol–water partition coefficient (Wildman–Crippen LogP) is 3.40. The quantitative estimate of drug-likeness (QED) is 0.396. The lowest BCUT2D eigenvalue weighted by atomic mass is 9.83. The zero-order valence-corrected chi connectivity index (χ0v) is 17.0. The molecule has 146 valence electrons. The SMILES string of the molecule is O=C(CCSCC1CCCC(CS)C1)NCC(O)COc1ccccc1. The molecule has 3 unspecified atom stereocenters. The molecule has 0 bridgehead atoms. The topological polar surface area (TPSA) is 58.6 Å². The number of aliphatic hydroxyl groups excluding tert-OH is 1. The fourth-order valence-electron chi connectivity index (χ4n) is 3.22. The van der Waals surface area contributed by atoms with E-state index in [1.807, 2.05) is 42.1 Å². The number of para-hydroxylation sites is 1. The molecule has 0 saturated heterocycles. The number of benzene rings is 1. The Balaban J connectivity index is 1.49. The number of amides is 1. The third kappa shape index (κ3) is 8.69. The second kappa shape index (κ2) is 12.5. The van der Waals surface area contributed by atoms with Crippen molar-refractivity contribution in [2.24, 2.45) is 11.8 Å². The second-order valence-corrected chi connectivity index (χ2v) is 8.50. The molecule has 0 heterocycles. The van der Waals surface area contributed by atoms with E-state index in [1.54, 1.807) is 0 Å². The van der Waals surface area contributed by atoms with Gasteiger partial charge in [-0.2, -0.15) is 24.4 Å². The summed E-state index contributed by atoms with van der Waals surface area (Å²) in [6.07, 6.45) is 5.04. The van der Waals surface area contributed by atoms with Crippen LogP contribution in [0.5, 0.6) is 5.75 Å². The molecule has 3 atom stereocenters. The minimum Gasteiger partial charge on any atom is -0.491 e. The molecule has 1 aliphatic carbocycles. The van der Waals surface area contributed by atoms with Crippen LogP contribution < -0.4 is 10.1 Å². The van der Waals surface area contributed by atoms with Crippen LogP contribution >= 0.6 is 24.4 Å². The molecule has 1 aliphatic rings. The van der Waals surface area contributed by atoms with Crippen LogP contribution in [0.4, 0.5) is 0 Å². The highest BCUT2D eigenvalue weighted by Gasteiger charge is 2.20. The molecule has 4 nitrogen and oxygen atoms in total. The highest BCUT2D eigenvalue weighted by molar-refractivity contribution is 7.99. The Morgan fingerprint density at radius 3 is 2.85 bits per heavy atom. The van der Waals surface area contributed by atoms with Crippen molar-refractivity contribution >= 4 is 30.3 Å². The second-order valence-electron chi connectivity index (χ2n) is 6.99. The molecule has 1 aromatic rings. The highest BCUT2D eigenvalue weighted by Crippen LogP contribution is 2.31. The standard InChI is InChI=1S/C20H31NO3S2/c22-18(13-24-19-7-2-1-3-8-19)12-21-20(23)9-10-26-15-17-6-4-5-16(11-17)14-25/h1-3,7-8,16-18,22,25H,4-6,9-15H2,(H,21,23). The van der Waals surface area contributed by atoms with Crippen LogP contribution in [-0.4, -0.2) is 47.5 Å². The Morgan fingerprint density at radius 1 is 1.31 bits per heavy atom. The molecule has 2 N–H and O–H groups in total. The lowest BCUT2D eigenvalue weighted by Crippen LogP contribution is -2.35. The van der Waals surface area contributed by atoms with Crippen molar-refractivity contribution in [2.75, 3.05) is 30.4 Å². The summed E-state index contributed by atoms with van der Waals surface area (Å²) in [5, 5.41) is 12.7. The molecule has 6 heteroatoms. The lowest BCUT2D eigenvalue weighted by molar-refractivity contribution is -0.121. The third-order valence-corrected chi connectivity index (χ3v) is 6.41. The van der Waals surface area contributed by atoms with E-state index in [1.165, 1.54) is 25.7 Å². The van der Waals surface area contributed by atoms with Crippen molar-refractivity contribution in [1.82, 2.24) is 5.32 Å². The summed E-state index contributed by atoms with van der Waals surface area (Å²) in [6.45, 7) is 0.398. The number of hydrogen-bond donors (Lipinski definition) is 3. The van der Waals surface area contributed by atoms with E-state index >= 15 is 0 Å². The van der Waals surface area contributed by atoms with Crippen molar-refractivity contribution in [3.63, 3.8) is 0 Å². The molecule has 26 heavy (non-hydrogen) atoms. The first-order chi connectivity index (χ1) is 12.7. The summed E-state index contributed by atoms with van der Waals surface area (Å²) in [5.41, 5.74) is 0. The summed E-state index contributed by atoms with van der Waals surface area (Å²) in [4.78, 5) is 11.9. The maximum atomic E-state index is 11.9. The van der Waals surface area contributed by atoms with Gasteiger partial charge in [0.25, 0.3) is 0 Å². The average Bonchev–Trinajstić information content (AvgIpc) is 2.69. The fourth-order valence-corrected chi connectivity index (χ4v) is 4.69. The normalized spacial score (nSPS) is 21.2. The maximum Gasteiger partial charge on any atom is 0.220 e. The number of thiol groups is 1. The molecule has 0 aliphatic heterocycles. The minimum absolute atomic E-state index is 0.00635. The van der Waals surface area contributed by atoms with E-state index in [4.69, 9.17) is 4.74 Å². The van der Waals surface area contributed by atoms with Gasteiger partial charge in [-0.05, 0) is 54.7 Å². The molecule has 1 fully saturated rings. The van der Waals surface area contributed by atoms with Crippen molar-refractivity contribution < 1.29 is 14.6 Å². The fraction of sp³-hybridized carbons (Fsp3) is 0.650. The first kappa shape index (κ1) is 21.5. The predicted molar refractivity (Wildman–Crippen MR) is 112 cm³/mol. The molecule has 1 amide bonds. The van der Waals surface area contributed by atoms with Crippen molar-refractivity contribution in [3.8, 4) is 5.75 Å². The zero-order chi connectivity index (χ0) is 18.6. The van der Waals surface area contributed by atoms with E-state index in [9.17, 15) is 9.90 Å². The van der Waals surface area contributed by atoms with Gasteiger partial charge in [0.15, 0.2) is 0 Å². The van der Waals surface area contributed by atoms with Crippen molar-refractivity contribution in [1.29, 1.82) is 0 Å². The van der Waals surface area contributed by atoms with E-state index in [0.29, 0.717) is 6.42 Å². The number of carbonyl (C=O) groups is 1. The molecule has 1 aromatic carbocycles. The number of aliphatic hydroxyl groups is 1. The number of thioether (sulfide) groups is 1. The number of nitrogens with one attached hydrogen (secondary N) is 1. The van der Waals surface area contributed by atoms with Crippen LogP contribution in [0.1, 0.15) is 32.1 Å². The Hall–Kier alpha value is -0.850. The van der Waals surface area contributed by atoms with Gasteiger partial charge in [0.1, 0.15) is 18.5 Å². The largest absolute Gasteiger partial charge is 0.491 e. The van der Waals surface area contributed by atoms with E-state index in [2.05, 4.69) is 17.9 Å². The van der Waals surface area contributed by atoms with E-state index in [0.717, 1.165) is 34.8 Å². The molecule has 0 radical (unpaired) electrons. The van der Waals surface area contributed by atoms with Gasteiger partial charge in [0.2, 0.25) is 5.91 Å². The van der Waals surface area contributed by atoms with Gasteiger partial charge in [0.05, 0.1) is 0 Å². The Bertz CT molecular complexity index is 515. The van der Waals surface area contributed by atoms with Gasteiger partial charge in [-0.1, -0.05) is 24.6 Å². The monoisotopic (exact) mass is 397 g/mol. The van der Waals surface area contributed by atoms with Crippen molar-refractivity contribution in [2.45, 2.75) is 38.2 Å². The van der Waals surface area contributed by atoms with Crippen LogP contribution in [-0.2, 0) is 4.79 Å². The van der Waals surface area contributed by atoms with Gasteiger partial charge in [-0.15, -0.1) is 0 Å². The zero-order valence-electron chi connectivity index (χ0n) is 15.3. The number of rotatable bonds is 11. The molecular formula is C20H31NO3S2. The van der Waals surface area contributed by atoms with Crippen LogP contribution in [0.15, 0.2) is 30.3 Å². The maximum absolute atomic E-state index is 11.9. The Labute approximate surface area is 166 Å². The number of hydrogen-bond acceptors (Lipinski definition) is 5. The molecule has 1 saturated carbocycles. The van der Waals surface area contributed by atoms with Crippen LogP contribution in [0, 0.1) is 11.8 Å². The number of ether oxygens (including phenoxy) is 1. The first-order valence-electron chi connectivity index (χ1n) is 9.48. The third-order valence-electron chi connectivity index (χ3n) is 4.70. The minimum atomic E-state index is -0.702. The van der Waals surface area contributed by atoms with Crippen LogP contribution in [0.25, 0.3) is 0 Å². The summed E-state index contributed by atoms with van der Waals surface area (Å²) in [5.74, 6) is 5.26. The van der Waals surface area contributed by atoms with Gasteiger partial charge in [-0.3, -0.25) is 4.79 Å². The van der Waals surface area contributed by atoms with Gasteiger partial charge >= 0.3 is 0 Å². The molecule has 2 rings (SSSR count). The lowest BCUT2D eigenvalue weighted by Gasteiger charge is -2.27. The smallest absolute Gasteiger partial charge is 0.220 e. The average molecular weight is 398 g/mol. The van der Waals surface area contributed by atoms with E-state index < -0.39 is 6.10 Å². The first-order valence-corrected chi connectivity index (χ1v) is 11.3. The summed E-state index contributed by atoms with van der Waals surface area (Å²) < 4.78 is 5.47. The summed E-state index contributed by atoms with van der Waals surface area (Å²) in [6, 6.07) is 9.36. The molecule has 0 spiro atoms. The molecule has 0 aromatic heterocycles. The van der Waals surface area contributed by atoms with Gasteiger partial charge in [0, 0.05) is 18.7 Å². The summed E-state index contributed by atoms with van der Waals surface area (Å²) >= 11 is 6.30. The van der Waals surface area contributed by atoms with Gasteiger partial charge in [-0.25, -0.2) is 0 Å². The Kier molecular flexibility index (Phi) is 10.3. The van der Waals surface area contributed by atoms with Crippen molar-refractivity contribution in [3.05, 3.63) is 30.3 Å². The van der Waals surface area contributed by atoms with Gasteiger partial charge < -0.3 is 15.2 Å². The van der Waals surface area contributed by atoms with E-state index in [-0.39, 0.29) is 19.1 Å². The highest BCUT2D eigenvalue weighted by atomic mass is 32.2. The van der Waals surface area contributed by atoms with Crippen LogP contribution in [0.3, 0.4) is 0 Å². The number of carbonyl (C=O) groups excluding carboxylic acids is 1. The molecular weight excluding hydrogens is 366 g/mol. The van der Waals surface area contributed by atoms with Crippen LogP contribution in [0.2, 0.25) is 0 Å². The Morgan fingerprint density at radius 2 is 2.08 bits per heavy atom.